The summed E-state index contributed by atoms with van der Waals surface area (Å²) in [7, 11) is 0. The van der Waals surface area contributed by atoms with E-state index in [1.54, 1.807) is 12.4 Å². The van der Waals surface area contributed by atoms with E-state index < -0.39 is 5.92 Å². The van der Waals surface area contributed by atoms with E-state index >= 15 is 0 Å². The maximum Gasteiger partial charge on any atom is 0.248 e. The smallest absolute Gasteiger partial charge is 0.248 e. The van der Waals surface area contributed by atoms with E-state index in [-0.39, 0.29) is 37.1 Å². The molecule has 1 aliphatic carbocycles. The highest BCUT2D eigenvalue weighted by molar-refractivity contribution is 6.04. The van der Waals surface area contributed by atoms with Crippen molar-refractivity contribution in [3.63, 3.8) is 0 Å². The number of amides is 1. The Morgan fingerprint density at radius 3 is 2.79 bits per heavy atom. The van der Waals surface area contributed by atoms with Gasteiger partial charge in [-0.25, -0.2) is 23.7 Å². The largest absolute Gasteiger partial charge is 0.437 e. The van der Waals surface area contributed by atoms with E-state index in [4.69, 9.17) is 9.72 Å². The van der Waals surface area contributed by atoms with Crippen LogP contribution in [0.4, 0.5) is 20.4 Å². The third-order valence-electron chi connectivity index (χ3n) is 7.99. The number of fused-ring (bicyclic) bond motifs is 1. The molecule has 4 aromatic rings. The van der Waals surface area contributed by atoms with Crippen LogP contribution in [0, 0.1) is 12.8 Å². The van der Waals surface area contributed by atoms with E-state index in [0.717, 1.165) is 47.8 Å². The first-order valence-corrected chi connectivity index (χ1v) is 14.5. The SMILES string of the molecule is Cc1ccc2c(NC(=O)C[C@@H]3CCC(F)(F)C3)cccc2c1Oc1ncccc1-c1ccnc(N[C@H]2CCCNC2)n1. The average molecular weight is 573 g/mol. The van der Waals surface area contributed by atoms with Gasteiger partial charge in [-0.05, 0) is 68.5 Å². The lowest BCUT2D eigenvalue weighted by Gasteiger charge is -2.23. The number of carbonyl (C=O) groups is 1. The molecule has 0 unspecified atom stereocenters. The fourth-order valence-corrected chi connectivity index (χ4v) is 5.86. The van der Waals surface area contributed by atoms with Crippen LogP contribution in [0.3, 0.4) is 0 Å². The van der Waals surface area contributed by atoms with Gasteiger partial charge < -0.3 is 20.7 Å². The summed E-state index contributed by atoms with van der Waals surface area (Å²) in [6.07, 6.45) is 5.61. The topological polar surface area (TPSA) is 101 Å². The maximum absolute atomic E-state index is 13.6. The number of halogens is 2. The number of aromatic nitrogens is 3. The summed E-state index contributed by atoms with van der Waals surface area (Å²) in [6.45, 7) is 3.85. The van der Waals surface area contributed by atoms with Crippen LogP contribution in [0.25, 0.3) is 22.0 Å². The first kappa shape index (κ1) is 28.0. The molecule has 3 N–H and O–H groups in total. The summed E-state index contributed by atoms with van der Waals surface area (Å²) < 4.78 is 33.8. The molecule has 1 amide bonds. The van der Waals surface area contributed by atoms with Crippen LogP contribution < -0.4 is 20.7 Å². The molecule has 8 nitrogen and oxygen atoms in total. The fraction of sp³-hybridized carbons (Fsp3) is 0.375. The molecule has 3 heterocycles. The van der Waals surface area contributed by atoms with Crippen molar-refractivity contribution in [3.8, 4) is 22.9 Å². The number of carbonyl (C=O) groups excluding carboxylic acids is 1. The quantitative estimate of drug-likeness (QED) is 0.215. The summed E-state index contributed by atoms with van der Waals surface area (Å²) in [5.74, 6) is -1.68. The van der Waals surface area contributed by atoms with Crippen LogP contribution >= 0.6 is 0 Å². The standard InChI is InChI=1S/C32H34F2N6O2/c1-20-9-10-23-24(6-2-8-26(23)39-28(41)17-21-11-13-32(33,34)18-21)29(20)42-30-25(7-4-15-36-30)27-12-16-37-31(40-27)38-22-5-3-14-35-19-22/h2,4,6-10,12,15-16,21-22,35H,3,5,11,13-14,17-19H2,1H3,(H,39,41)(H,37,38,40)/t21-,22-/m0/s1. The Labute approximate surface area is 243 Å². The molecule has 2 fully saturated rings. The zero-order valence-electron chi connectivity index (χ0n) is 23.5. The molecule has 0 radical (unpaired) electrons. The second-order valence-corrected chi connectivity index (χ2v) is 11.2. The third-order valence-corrected chi connectivity index (χ3v) is 7.99. The highest BCUT2D eigenvalue weighted by atomic mass is 19.3. The molecule has 10 heteroatoms. The number of pyridine rings is 1. The number of hydrogen-bond acceptors (Lipinski definition) is 7. The number of nitrogens with zero attached hydrogens (tertiary/aromatic N) is 3. The summed E-state index contributed by atoms with van der Waals surface area (Å²) in [5, 5.41) is 11.3. The molecule has 2 aromatic carbocycles. The van der Waals surface area contributed by atoms with Gasteiger partial charge in [0.25, 0.3) is 0 Å². The van der Waals surface area contributed by atoms with Gasteiger partial charge in [-0.1, -0.05) is 24.3 Å². The van der Waals surface area contributed by atoms with Crippen LogP contribution in [0.2, 0.25) is 0 Å². The van der Waals surface area contributed by atoms with Gasteiger partial charge in [0.15, 0.2) is 0 Å². The molecule has 2 aromatic heterocycles. The summed E-state index contributed by atoms with van der Waals surface area (Å²) in [4.78, 5) is 26.5. The Balaban J connectivity index is 1.25. The van der Waals surface area contributed by atoms with Crippen LogP contribution in [0.1, 0.15) is 44.1 Å². The lowest BCUT2D eigenvalue weighted by atomic mass is 10.0. The zero-order chi connectivity index (χ0) is 29.1. The van der Waals surface area contributed by atoms with Crippen molar-refractivity contribution in [2.24, 2.45) is 5.92 Å². The Kier molecular flexibility index (Phi) is 7.97. The van der Waals surface area contributed by atoms with Gasteiger partial charge in [-0.2, -0.15) is 0 Å². The summed E-state index contributed by atoms with van der Waals surface area (Å²) >= 11 is 0. The molecule has 6 rings (SSSR count). The molecule has 1 aliphatic heterocycles. The van der Waals surface area contributed by atoms with Crippen molar-refractivity contribution >= 4 is 28.3 Å². The van der Waals surface area contributed by atoms with Gasteiger partial charge in [0, 0.05) is 60.7 Å². The normalized spacial score (nSPS) is 19.9. The highest BCUT2D eigenvalue weighted by Crippen LogP contribution is 2.41. The van der Waals surface area contributed by atoms with Crippen LogP contribution in [-0.2, 0) is 4.79 Å². The molecule has 2 atom stereocenters. The number of rotatable bonds is 8. The van der Waals surface area contributed by atoms with Crippen LogP contribution in [0.15, 0.2) is 60.9 Å². The number of aryl methyl sites for hydroxylation is 1. The average Bonchev–Trinajstić information content (AvgIpc) is 3.33. The van der Waals surface area contributed by atoms with Crippen molar-refractivity contribution < 1.29 is 18.3 Å². The molecular weight excluding hydrogens is 538 g/mol. The number of piperidine rings is 1. The number of ether oxygens (including phenoxy) is 1. The maximum atomic E-state index is 13.6. The number of alkyl halides is 2. The van der Waals surface area contributed by atoms with Crippen molar-refractivity contribution in [1.29, 1.82) is 0 Å². The van der Waals surface area contributed by atoms with E-state index in [0.29, 0.717) is 35.4 Å². The Morgan fingerprint density at radius 1 is 1.07 bits per heavy atom. The van der Waals surface area contributed by atoms with Gasteiger partial charge in [0.05, 0.1) is 11.3 Å². The molecule has 1 saturated carbocycles. The summed E-state index contributed by atoms with van der Waals surface area (Å²) in [6, 6.07) is 15.3. The molecule has 218 valence electrons. The minimum absolute atomic E-state index is 0.0749. The number of nitrogens with one attached hydrogen (secondary N) is 3. The van der Waals surface area contributed by atoms with E-state index in [1.165, 1.54) is 0 Å². The Hall–Kier alpha value is -4.18. The van der Waals surface area contributed by atoms with Crippen LogP contribution in [-0.4, -0.2) is 45.9 Å². The van der Waals surface area contributed by atoms with E-state index in [1.807, 2.05) is 55.5 Å². The minimum Gasteiger partial charge on any atom is -0.437 e. The monoisotopic (exact) mass is 572 g/mol. The first-order chi connectivity index (χ1) is 20.3. The molecule has 1 saturated heterocycles. The van der Waals surface area contributed by atoms with Crippen molar-refractivity contribution in [3.05, 3.63) is 66.5 Å². The second-order valence-electron chi connectivity index (χ2n) is 11.2. The molecule has 0 spiro atoms. The minimum atomic E-state index is -2.67. The first-order valence-electron chi connectivity index (χ1n) is 14.5. The van der Waals surface area contributed by atoms with Crippen molar-refractivity contribution in [2.75, 3.05) is 23.7 Å². The number of benzene rings is 2. The molecular formula is C32H34F2N6O2. The van der Waals surface area contributed by atoms with Crippen molar-refractivity contribution in [1.82, 2.24) is 20.3 Å². The van der Waals surface area contributed by atoms with Crippen molar-refractivity contribution in [2.45, 2.75) is 57.4 Å². The second kappa shape index (κ2) is 12.0. The van der Waals surface area contributed by atoms with E-state index in [9.17, 15) is 13.6 Å². The van der Waals surface area contributed by atoms with Gasteiger partial charge >= 0.3 is 0 Å². The van der Waals surface area contributed by atoms with Crippen LogP contribution in [0.5, 0.6) is 11.6 Å². The zero-order valence-corrected chi connectivity index (χ0v) is 23.5. The molecule has 0 bridgehead atoms. The number of anilines is 2. The van der Waals surface area contributed by atoms with Gasteiger partial charge in [0.1, 0.15) is 5.75 Å². The highest BCUT2D eigenvalue weighted by Gasteiger charge is 2.40. The van der Waals surface area contributed by atoms with Gasteiger partial charge in [-0.3, -0.25) is 4.79 Å². The van der Waals surface area contributed by atoms with E-state index in [2.05, 4.69) is 25.9 Å². The Morgan fingerprint density at radius 2 is 1.98 bits per heavy atom. The number of hydrogen-bond donors (Lipinski definition) is 3. The molecule has 42 heavy (non-hydrogen) atoms. The molecule has 2 aliphatic rings. The predicted octanol–water partition coefficient (Wildman–Crippen LogP) is 6.72. The van der Waals surface area contributed by atoms with Gasteiger partial charge in [0.2, 0.25) is 23.7 Å². The third kappa shape index (κ3) is 6.33. The Bertz CT molecular complexity index is 1590. The lowest BCUT2D eigenvalue weighted by molar-refractivity contribution is -0.117. The summed E-state index contributed by atoms with van der Waals surface area (Å²) in [5.41, 5.74) is 2.91. The van der Waals surface area contributed by atoms with Gasteiger partial charge in [-0.15, -0.1) is 0 Å². The predicted molar refractivity (Wildman–Crippen MR) is 159 cm³/mol. The lowest BCUT2D eigenvalue weighted by Crippen LogP contribution is -2.38. The fourth-order valence-electron chi connectivity index (χ4n) is 5.86.